The second-order valence-corrected chi connectivity index (χ2v) is 13.4. The summed E-state index contributed by atoms with van der Waals surface area (Å²) in [4.78, 5) is 70.1. The molecule has 1 aliphatic heterocycles. The predicted molar refractivity (Wildman–Crippen MR) is 187 cm³/mol. The van der Waals surface area contributed by atoms with Gasteiger partial charge in [-0.3, -0.25) is 28.9 Å². The highest BCUT2D eigenvalue weighted by molar-refractivity contribution is 6.31. The SMILES string of the molecule is COc1cc(C=C[C@H]2C3=CC[C@@H]4C(=O)N(CCC(=O)O)C(=O)[C@@H]4[C@@H]3C[C@H]3C(=O)C(c4ccccc4)=CC(=O)[C@@]23c2ccccc2)cc(OC)c1O. The van der Waals surface area contributed by atoms with Gasteiger partial charge in [0.25, 0.3) is 0 Å². The highest BCUT2D eigenvalue weighted by Crippen LogP contribution is 2.61. The van der Waals surface area contributed by atoms with E-state index in [9.17, 15) is 29.4 Å². The molecule has 1 heterocycles. The number of imide groups is 1. The molecule has 3 aliphatic carbocycles. The second-order valence-electron chi connectivity index (χ2n) is 13.4. The van der Waals surface area contributed by atoms with E-state index in [4.69, 9.17) is 9.47 Å². The summed E-state index contributed by atoms with van der Waals surface area (Å²) in [5, 5.41) is 19.9. The first-order valence-corrected chi connectivity index (χ1v) is 16.9. The van der Waals surface area contributed by atoms with Crippen molar-refractivity contribution in [3.05, 3.63) is 113 Å². The van der Waals surface area contributed by atoms with Crippen molar-refractivity contribution >= 4 is 41.0 Å². The zero-order valence-corrected chi connectivity index (χ0v) is 28.2. The van der Waals surface area contributed by atoms with Gasteiger partial charge in [0, 0.05) is 24.0 Å². The van der Waals surface area contributed by atoms with Crippen LogP contribution in [0.4, 0.5) is 0 Å². The highest BCUT2D eigenvalue weighted by atomic mass is 16.5. The minimum Gasteiger partial charge on any atom is -0.502 e. The lowest BCUT2D eigenvalue weighted by Crippen LogP contribution is -2.59. The van der Waals surface area contributed by atoms with Crippen LogP contribution in [-0.4, -0.2) is 65.2 Å². The number of amides is 2. The number of benzene rings is 3. The lowest BCUT2D eigenvalue weighted by molar-refractivity contribution is -0.142. The summed E-state index contributed by atoms with van der Waals surface area (Å²) in [6.07, 6.45) is 7.08. The molecule has 10 nitrogen and oxygen atoms in total. The van der Waals surface area contributed by atoms with E-state index in [1.807, 2.05) is 48.6 Å². The van der Waals surface area contributed by atoms with Gasteiger partial charge in [-0.05, 0) is 53.7 Å². The molecule has 10 heteroatoms. The molecule has 1 saturated heterocycles. The van der Waals surface area contributed by atoms with E-state index >= 15 is 4.79 Å². The van der Waals surface area contributed by atoms with Crippen LogP contribution in [0.5, 0.6) is 17.2 Å². The Bertz CT molecular complexity index is 2010. The maximum absolute atomic E-state index is 15.0. The van der Waals surface area contributed by atoms with Gasteiger partial charge in [-0.15, -0.1) is 0 Å². The molecule has 0 unspecified atom stereocenters. The van der Waals surface area contributed by atoms with Crippen molar-refractivity contribution in [2.24, 2.45) is 29.6 Å². The smallest absolute Gasteiger partial charge is 0.305 e. The number of likely N-dealkylation sites (tertiary alicyclic amines) is 1. The Balaban J connectivity index is 1.44. The molecule has 3 aromatic carbocycles. The Hall–Kier alpha value is -5.77. The number of phenolic OH excluding ortho intramolecular Hbond substituents is 1. The lowest BCUT2D eigenvalue weighted by Gasteiger charge is -2.54. The van der Waals surface area contributed by atoms with Gasteiger partial charge in [-0.25, -0.2) is 0 Å². The Morgan fingerprint density at radius 1 is 0.922 bits per heavy atom. The van der Waals surface area contributed by atoms with E-state index in [1.165, 1.54) is 20.3 Å². The molecular formula is C41H37NO9. The van der Waals surface area contributed by atoms with Crippen LogP contribution in [0.15, 0.2) is 96.6 Å². The number of hydrogen-bond acceptors (Lipinski definition) is 8. The van der Waals surface area contributed by atoms with Crippen molar-refractivity contribution in [1.82, 2.24) is 4.90 Å². The summed E-state index contributed by atoms with van der Waals surface area (Å²) in [7, 11) is 2.85. The fraction of sp³-hybridized carbons (Fsp3) is 0.293. The van der Waals surface area contributed by atoms with Crippen LogP contribution in [0, 0.1) is 29.6 Å². The maximum Gasteiger partial charge on any atom is 0.305 e. The summed E-state index contributed by atoms with van der Waals surface area (Å²) in [5.74, 6) is -5.94. The average molecular weight is 688 g/mol. The number of carboxylic acid groups (broad SMARTS) is 1. The number of aromatic hydroxyl groups is 1. The first kappa shape index (κ1) is 33.7. The van der Waals surface area contributed by atoms with Crippen molar-refractivity contribution in [3.8, 4) is 17.2 Å². The van der Waals surface area contributed by atoms with Gasteiger partial charge >= 0.3 is 5.97 Å². The number of hydrogen-bond donors (Lipinski definition) is 2. The summed E-state index contributed by atoms with van der Waals surface area (Å²) in [5.41, 5.74) is 1.56. The summed E-state index contributed by atoms with van der Waals surface area (Å²) >= 11 is 0. The third-order valence-corrected chi connectivity index (χ3v) is 11.1. The van der Waals surface area contributed by atoms with Crippen LogP contribution >= 0.6 is 0 Å². The molecular weight excluding hydrogens is 650 g/mol. The van der Waals surface area contributed by atoms with E-state index < -0.39 is 52.8 Å². The first-order chi connectivity index (χ1) is 24.6. The molecule has 6 atom stereocenters. The largest absolute Gasteiger partial charge is 0.502 e. The van der Waals surface area contributed by atoms with E-state index in [0.717, 1.165) is 10.5 Å². The van der Waals surface area contributed by atoms with Crippen molar-refractivity contribution in [3.63, 3.8) is 0 Å². The van der Waals surface area contributed by atoms with Crippen LogP contribution in [-0.2, 0) is 29.4 Å². The van der Waals surface area contributed by atoms with Gasteiger partial charge < -0.3 is 19.7 Å². The van der Waals surface area contributed by atoms with E-state index in [0.29, 0.717) is 22.3 Å². The van der Waals surface area contributed by atoms with E-state index in [2.05, 4.69) is 0 Å². The minimum absolute atomic E-state index is 0.146. The number of phenols is 1. The molecule has 260 valence electrons. The molecule has 2 amide bonds. The number of aliphatic carboxylic acids is 1. The van der Waals surface area contributed by atoms with Gasteiger partial charge in [0.15, 0.2) is 23.1 Å². The maximum atomic E-state index is 15.0. The lowest BCUT2D eigenvalue weighted by atomic mass is 9.45. The molecule has 2 N–H and O–H groups in total. The van der Waals surface area contributed by atoms with Crippen LogP contribution in [0.3, 0.4) is 0 Å². The molecule has 1 saturated carbocycles. The molecule has 3 aromatic rings. The Labute approximate surface area is 294 Å². The zero-order valence-electron chi connectivity index (χ0n) is 28.2. The van der Waals surface area contributed by atoms with Crippen LogP contribution in [0.2, 0.25) is 0 Å². The number of carbonyl (C=O) groups is 5. The van der Waals surface area contributed by atoms with Crippen LogP contribution < -0.4 is 9.47 Å². The molecule has 0 bridgehead atoms. The Kier molecular flexibility index (Phi) is 8.70. The summed E-state index contributed by atoms with van der Waals surface area (Å²) < 4.78 is 10.8. The summed E-state index contributed by atoms with van der Waals surface area (Å²) in [6.45, 7) is -0.231. The predicted octanol–water partition coefficient (Wildman–Crippen LogP) is 5.25. The van der Waals surface area contributed by atoms with Crippen molar-refractivity contribution in [1.29, 1.82) is 0 Å². The fourth-order valence-corrected chi connectivity index (χ4v) is 8.83. The van der Waals surface area contributed by atoms with E-state index in [-0.39, 0.29) is 54.6 Å². The molecule has 0 aromatic heterocycles. The standard InChI is InChI=1S/C41H37NO9/c1-50-32-19-23(20-33(51-2)38(32)47)13-16-30-26-14-15-27-36(40(49)42(39(27)48)18-17-35(44)45)29(26)21-31-37(46)28(24-9-5-3-6-10-24)22-34(43)41(30,31)25-11-7-4-8-12-25/h3-14,16,19-20,22,27,29-31,36,47H,15,17-18,21H2,1-2H3,(H,44,45)/t27-,29+,30-,31-,36-,41-/m0/s1. The van der Waals surface area contributed by atoms with Crippen molar-refractivity contribution < 1.29 is 43.7 Å². The minimum atomic E-state index is -1.39. The number of carbonyl (C=O) groups excluding carboxylic acids is 4. The molecule has 51 heavy (non-hydrogen) atoms. The van der Waals surface area contributed by atoms with Gasteiger partial charge in [0.2, 0.25) is 17.6 Å². The number of Topliss-reactive ketones (excluding diaryl/α,β-unsaturated/α-hetero) is 1. The van der Waals surface area contributed by atoms with Gasteiger partial charge in [-0.1, -0.05) is 84.5 Å². The number of nitrogens with zero attached hydrogens (tertiary/aromatic N) is 1. The van der Waals surface area contributed by atoms with Gasteiger partial charge in [0.1, 0.15) is 0 Å². The van der Waals surface area contributed by atoms with Gasteiger partial charge in [-0.2, -0.15) is 0 Å². The number of rotatable bonds is 9. The topological polar surface area (TPSA) is 148 Å². The number of ketones is 2. The average Bonchev–Trinajstić information content (AvgIpc) is 3.39. The third kappa shape index (κ3) is 5.37. The molecule has 0 spiro atoms. The number of carboxylic acids is 1. The normalized spacial score (nSPS) is 27.0. The fourth-order valence-electron chi connectivity index (χ4n) is 8.83. The van der Waals surface area contributed by atoms with E-state index in [1.54, 1.807) is 42.5 Å². The molecule has 4 aliphatic rings. The van der Waals surface area contributed by atoms with Crippen molar-refractivity contribution in [2.45, 2.75) is 24.7 Å². The quantitative estimate of drug-likeness (QED) is 0.227. The summed E-state index contributed by atoms with van der Waals surface area (Å²) in [6, 6.07) is 21.5. The zero-order chi connectivity index (χ0) is 36.0. The number of methoxy groups -OCH3 is 2. The third-order valence-electron chi connectivity index (χ3n) is 11.1. The molecule has 2 fully saturated rings. The van der Waals surface area contributed by atoms with Crippen molar-refractivity contribution in [2.75, 3.05) is 20.8 Å². The number of ether oxygens (including phenoxy) is 2. The Morgan fingerprint density at radius 2 is 1.57 bits per heavy atom. The highest BCUT2D eigenvalue weighted by Gasteiger charge is 2.65. The van der Waals surface area contributed by atoms with Crippen LogP contribution in [0.25, 0.3) is 11.6 Å². The van der Waals surface area contributed by atoms with Crippen LogP contribution in [0.1, 0.15) is 36.0 Å². The number of allylic oxidation sites excluding steroid dienone is 5. The molecule has 7 rings (SSSR count). The van der Waals surface area contributed by atoms with Gasteiger partial charge in [0.05, 0.1) is 37.9 Å². The monoisotopic (exact) mass is 687 g/mol. The Morgan fingerprint density at radius 3 is 2.20 bits per heavy atom. The first-order valence-electron chi connectivity index (χ1n) is 16.9. The number of fused-ring (bicyclic) bond motifs is 4. The second kappa shape index (κ2) is 13.2. The molecule has 0 radical (unpaired) electrons.